The van der Waals surface area contributed by atoms with E-state index in [1.807, 2.05) is 0 Å². The molecule has 86 valence electrons. The molecule has 2 aliphatic heterocycles. The normalized spacial score (nSPS) is 21.6. The van der Waals surface area contributed by atoms with Crippen LogP contribution in [-0.4, -0.2) is 30.7 Å². The van der Waals surface area contributed by atoms with Gasteiger partial charge in [0.1, 0.15) is 5.75 Å². The van der Waals surface area contributed by atoms with Gasteiger partial charge in [0.2, 0.25) is 0 Å². The summed E-state index contributed by atoms with van der Waals surface area (Å²) in [6, 6.07) is 2.05. The fourth-order valence-electron chi connectivity index (χ4n) is 2.69. The summed E-state index contributed by atoms with van der Waals surface area (Å²) in [7, 11) is 1.68. The van der Waals surface area contributed by atoms with Gasteiger partial charge in [-0.15, -0.1) is 0 Å². The fraction of sp³-hybridized carbons (Fsp3) is 0.583. The maximum absolute atomic E-state index is 5.20. The predicted molar refractivity (Wildman–Crippen MR) is 63.0 cm³/mol. The zero-order valence-corrected chi connectivity index (χ0v) is 9.55. The molecule has 3 heterocycles. The van der Waals surface area contributed by atoms with Gasteiger partial charge in [0.05, 0.1) is 24.7 Å². The quantitative estimate of drug-likeness (QED) is 0.744. The molecular weight excluding hydrogens is 202 g/mol. The van der Waals surface area contributed by atoms with E-state index in [4.69, 9.17) is 4.74 Å². The van der Waals surface area contributed by atoms with Crippen LogP contribution in [0.15, 0.2) is 12.3 Å². The lowest BCUT2D eigenvalue weighted by Gasteiger charge is -2.34. The van der Waals surface area contributed by atoms with Crippen LogP contribution in [0.4, 0.5) is 5.69 Å². The van der Waals surface area contributed by atoms with Crippen LogP contribution in [0.3, 0.4) is 0 Å². The largest absolute Gasteiger partial charge is 0.495 e. The molecule has 0 amide bonds. The smallest absolute Gasteiger partial charge is 0.139 e. The average Bonchev–Trinajstić information content (AvgIpc) is 2.66. The molecule has 1 aromatic heterocycles. The first kappa shape index (κ1) is 9.90. The minimum Gasteiger partial charge on any atom is -0.495 e. The maximum atomic E-state index is 5.20. The number of hydrogen-bond donors (Lipinski definition) is 2. The molecule has 0 radical (unpaired) electrons. The van der Waals surface area contributed by atoms with Crippen LogP contribution >= 0.6 is 0 Å². The molecule has 1 saturated heterocycles. The third-order valence-corrected chi connectivity index (χ3v) is 3.65. The van der Waals surface area contributed by atoms with Gasteiger partial charge in [0, 0.05) is 18.0 Å². The van der Waals surface area contributed by atoms with Crippen molar-refractivity contribution in [2.24, 2.45) is 0 Å². The van der Waals surface area contributed by atoms with Gasteiger partial charge in [-0.25, -0.2) is 0 Å². The Bertz CT molecular complexity index is 399. The van der Waals surface area contributed by atoms with E-state index in [0.29, 0.717) is 0 Å². The lowest BCUT2D eigenvalue weighted by Crippen LogP contribution is -2.46. The second-order valence-electron chi connectivity index (χ2n) is 4.70. The van der Waals surface area contributed by atoms with Crippen molar-refractivity contribution >= 4 is 5.69 Å². The Kier molecular flexibility index (Phi) is 2.24. The molecule has 2 N–H and O–H groups in total. The Morgan fingerprint density at radius 3 is 2.94 bits per heavy atom. The van der Waals surface area contributed by atoms with E-state index in [0.717, 1.165) is 30.9 Å². The fourth-order valence-corrected chi connectivity index (χ4v) is 2.69. The van der Waals surface area contributed by atoms with Gasteiger partial charge in [-0.3, -0.25) is 4.98 Å². The molecule has 3 rings (SSSR count). The number of rotatable bonds is 1. The molecule has 1 aromatic rings. The minimum absolute atomic E-state index is 0.243. The second kappa shape index (κ2) is 3.63. The van der Waals surface area contributed by atoms with E-state index in [2.05, 4.69) is 21.7 Å². The molecule has 16 heavy (non-hydrogen) atoms. The number of hydrogen-bond acceptors (Lipinski definition) is 4. The summed E-state index contributed by atoms with van der Waals surface area (Å²) >= 11 is 0. The van der Waals surface area contributed by atoms with Crippen molar-refractivity contribution in [1.82, 2.24) is 10.3 Å². The van der Waals surface area contributed by atoms with Gasteiger partial charge < -0.3 is 15.4 Å². The molecule has 0 aliphatic carbocycles. The van der Waals surface area contributed by atoms with Gasteiger partial charge in [-0.1, -0.05) is 0 Å². The van der Waals surface area contributed by atoms with Crippen LogP contribution in [0.1, 0.15) is 18.5 Å². The minimum atomic E-state index is 0.243. The molecule has 4 heteroatoms. The predicted octanol–water partition coefficient (Wildman–Crippen LogP) is 1.18. The molecule has 0 bridgehead atoms. The number of fused-ring (bicyclic) bond motifs is 1. The van der Waals surface area contributed by atoms with Crippen LogP contribution in [0.5, 0.6) is 5.75 Å². The summed E-state index contributed by atoms with van der Waals surface area (Å²) in [5.74, 6) is 0.831. The van der Waals surface area contributed by atoms with Gasteiger partial charge in [0.15, 0.2) is 0 Å². The molecule has 0 unspecified atom stereocenters. The SMILES string of the molecule is COc1cnc2c(c1)NC1(CCNCC1)C2. The van der Waals surface area contributed by atoms with Gasteiger partial charge in [-0.2, -0.15) is 0 Å². The summed E-state index contributed by atoms with van der Waals surface area (Å²) in [6.07, 6.45) is 5.20. The summed E-state index contributed by atoms with van der Waals surface area (Å²) in [5, 5.41) is 7.04. The summed E-state index contributed by atoms with van der Waals surface area (Å²) < 4.78 is 5.20. The summed E-state index contributed by atoms with van der Waals surface area (Å²) in [5.41, 5.74) is 2.58. The van der Waals surface area contributed by atoms with Crippen molar-refractivity contribution in [3.8, 4) is 5.75 Å². The Morgan fingerprint density at radius 1 is 1.38 bits per heavy atom. The first-order valence-electron chi connectivity index (χ1n) is 5.83. The first-order valence-corrected chi connectivity index (χ1v) is 5.83. The highest BCUT2D eigenvalue weighted by Gasteiger charge is 2.38. The van der Waals surface area contributed by atoms with Gasteiger partial charge in [-0.05, 0) is 25.9 Å². The van der Waals surface area contributed by atoms with Crippen molar-refractivity contribution in [2.45, 2.75) is 24.8 Å². The second-order valence-corrected chi connectivity index (χ2v) is 4.70. The van der Waals surface area contributed by atoms with Crippen molar-refractivity contribution < 1.29 is 4.74 Å². The number of methoxy groups -OCH3 is 1. The number of nitrogens with one attached hydrogen (secondary N) is 2. The summed E-state index contributed by atoms with van der Waals surface area (Å²) in [6.45, 7) is 2.19. The van der Waals surface area contributed by atoms with E-state index in [9.17, 15) is 0 Å². The highest BCUT2D eigenvalue weighted by Crippen LogP contribution is 2.37. The molecule has 1 spiro atoms. The van der Waals surface area contributed by atoms with Crippen molar-refractivity contribution in [3.05, 3.63) is 18.0 Å². The zero-order valence-electron chi connectivity index (χ0n) is 9.55. The summed E-state index contributed by atoms with van der Waals surface area (Å²) in [4.78, 5) is 4.47. The van der Waals surface area contributed by atoms with Gasteiger partial charge >= 0.3 is 0 Å². The number of pyridine rings is 1. The van der Waals surface area contributed by atoms with E-state index < -0.39 is 0 Å². The lowest BCUT2D eigenvalue weighted by atomic mass is 9.87. The highest BCUT2D eigenvalue weighted by atomic mass is 16.5. The van der Waals surface area contributed by atoms with E-state index in [-0.39, 0.29) is 5.54 Å². The van der Waals surface area contributed by atoms with Crippen LogP contribution < -0.4 is 15.4 Å². The number of nitrogens with zero attached hydrogens (tertiary/aromatic N) is 1. The number of ether oxygens (including phenoxy) is 1. The monoisotopic (exact) mass is 219 g/mol. The van der Waals surface area contributed by atoms with Crippen LogP contribution in [-0.2, 0) is 6.42 Å². The molecule has 0 saturated carbocycles. The first-order chi connectivity index (χ1) is 7.81. The Morgan fingerprint density at radius 2 is 2.19 bits per heavy atom. The molecular formula is C12H17N3O. The van der Waals surface area contributed by atoms with Crippen LogP contribution in [0.2, 0.25) is 0 Å². The standard InChI is InChI=1S/C12H17N3O/c1-16-9-6-10-11(14-8-9)7-12(15-10)2-4-13-5-3-12/h6,8,13,15H,2-5,7H2,1H3. The topological polar surface area (TPSA) is 46.2 Å². The Balaban J connectivity index is 1.87. The number of piperidine rings is 1. The van der Waals surface area contributed by atoms with E-state index in [1.54, 1.807) is 13.3 Å². The highest BCUT2D eigenvalue weighted by molar-refractivity contribution is 5.58. The van der Waals surface area contributed by atoms with Crippen LogP contribution in [0, 0.1) is 0 Å². The Labute approximate surface area is 95.4 Å². The van der Waals surface area contributed by atoms with E-state index >= 15 is 0 Å². The van der Waals surface area contributed by atoms with Gasteiger partial charge in [0.25, 0.3) is 0 Å². The van der Waals surface area contributed by atoms with Crippen molar-refractivity contribution in [3.63, 3.8) is 0 Å². The molecule has 1 fully saturated rings. The third-order valence-electron chi connectivity index (χ3n) is 3.65. The molecule has 4 nitrogen and oxygen atoms in total. The average molecular weight is 219 g/mol. The van der Waals surface area contributed by atoms with Crippen molar-refractivity contribution in [2.75, 3.05) is 25.5 Å². The van der Waals surface area contributed by atoms with Crippen molar-refractivity contribution in [1.29, 1.82) is 0 Å². The molecule has 2 aliphatic rings. The van der Waals surface area contributed by atoms with Crippen LogP contribution in [0.25, 0.3) is 0 Å². The Hall–Kier alpha value is -1.29. The molecule has 0 atom stereocenters. The number of aromatic nitrogens is 1. The third kappa shape index (κ3) is 1.53. The van der Waals surface area contributed by atoms with E-state index in [1.165, 1.54) is 18.5 Å². The molecule has 0 aromatic carbocycles. The number of anilines is 1. The maximum Gasteiger partial charge on any atom is 0.139 e. The lowest BCUT2D eigenvalue weighted by molar-refractivity contribution is 0.346. The zero-order chi connectivity index (χ0) is 11.0.